The van der Waals surface area contributed by atoms with E-state index in [0.29, 0.717) is 0 Å². The second-order valence-corrected chi connectivity index (χ2v) is 6.68. The Hall–Kier alpha value is -1.53. The van der Waals surface area contributed by atoms with Crippen LogP contribution in [0.2, 0.25) is 20.1 Å². The number of hydrogen-bond acceptors (Lipinski definition) is 4. The van der Waals surface area contributed by atoms with E-state index in [1.165, 1.54) is 24.3 Å². The zero-order valence-electron chi connectivity index (χ0n) is 13.0. The molecule has 0 spiro atoms. The number of benzene rings is 2. The average molecular weight is 440 g/mol. The molecule has 0 saturated carbocycles. The van der Waals surface area contributed by atoms with Crippen LogP contribution in [0.4, 0.5) is 4.39 Å². The Balaban J connectivity index is 1.84. The summed E-state index contributed by atoms with van der Waals surface area (Å²) in [4.78, 5) is 23.6. The number of ether oxygens (including phenoxy) is 2. The van der Waals surface area contributed by atoms with Gasteiger partial charge in [-0.05, 0) is 24.6 Å². The van der Waals surface area contributed by atoms with Crippen LogP contribution in [0.15, 0.2) is 30.3 Å². The largest absolute Gasteiger partial charge is 0.425 e. The Morgan fingerprint density at radius 2 is 1.58 bits per heavy atom. The minimum Gasteiger partial charge on any atom is -0.425 e. The van der Waals surface area contributed by atoms with Gasteiger partial charge in [-0.3, -0.25) is 9.59 Å². The predicted octanol–water partition coefficient (Wildman–Crippen LogP) is 6.12. The van der Waals surface area contributed by atoms with Gasteiger partial charge in [0.25, 0.3) is 0 Å². The second kappa shape index (κ2) is 9.42. The Kier molecular flexibility index (Phi) is 7.53. The monoisotopic (exact) mass is 438 g/mol. The number of esters is 2. The summed E-state index contributed by atoms with van der Waals surface area (Å²) in [7, 11) is 0. The molecule has 0 aliphatic carbocycles. The molecule has 0 heterocycles. The van der Waals surface area contributed by atoms with Crippen molar-refractivity contribution in [3.63, 3.8) is 0 Å². The molecule has 138 valence electrons. The van der Waals surface area contributed by atoms with E-state index < -0.39 is 17.8 Å². The van der Waals surface area contributed by atoms with Gasteiger partial charge in [0.15, 0.2) is 17.3 Å². The van der Waals surface area contributed by atoms with Crippen molar-refractivity contribution in [1.82, 2.24) is 0 Å². The molecule has 0 bridgehead atoms. The summed E-state index contributed by atoms with van der Waals surface area (Å²) in [5.74, 6) is -2.44. The number of para-hydroxylation sites is 1. The van der Waals surface area contributed by atoms with Crippen LogP contribution in [0.25, 0.3) is 0 Å². The van der Waals surface area contributed by atoms with Crippen molar-refractivity contribution in [2.45, 2.75) is 19.3 Å². The Morgan fingerprint density at radius 3 is 2.23 bits per heavy atom. The first-order valence-corrected chi connectivity index (χ1v) is 8.79. The van der Waals surface area contributed by atoms with Crippen LogP contribution in [0.5, 0.6) is 11.5 Å². The van der Waals surface area contributed by atoms with Gasteiger partial charge in [-0.2, -0.15) is 0 Å². The number of rotatable bonds is 6. The van der Waals surface area contributed by atoms with Gasteiger partial charge in [0.1, 0.15) is 5.02 Å². The molecule has 0 N–H and O–H groups in total. The van der Waals surface area contributed by atoms with Crippen molar-refractivity contribution in [2.24, 2.45) is 0 Å². The summed E-state index contributed by atoms with van der Waals surface area (Å²) in [6.07, 6.45) is -0.111. The lowest BCUT2D eigenvalue weighted by atomic mass is 10.2. The lowest BCUT2D eigenvalue weighted by Gasteiger charge is -2.09. The van der Waals surface area contributed by atoms with Crippen molar-refractivity contribution in [3.8, 4) is 11.5 Å². The molecule has 26 heavy (non-hydrogen) atoms. The lowest BCUT2D eigenvalue weighted by molar-refractivity contribution is -0.136. The molecule has 2 rings (SSSR count). The van der Waals surface area contributed by atoms with Crippen molar-refractivity contribution >= 4 is 58.3 Å². The standard InChI is InChI=1S/C17H11Cl4FO4/c18-9-7-11(20)16(21)13(8-9)25-14(23)5-2-6-15(24)26-17-10(19)3-1-4-12(17)22/h1,3-4,7-8H,2,5-6H2. The molecule has 0 aromatic heterocycles. The van der Waals surface area contributed by atoms with Crippen molar-refractivity contribution in [1.29, 1.82) is 0 Å². The first-order valence-electron chi connectivity index (χ1n) is 7.28. The van der Waals surface area contributed by atoms with Gasteiger partial charge in [-0.1, -0.05) is 52.5 Å². The second-order valence-electron chi connectivity index (χ2n) is 5.05. The highest BCUT2D eigenvalue weighted by molar-refractivity contribution is 6.44. The third kappa shape index (κ3) is 5.74. The van der Waals surface area contributed by atoms with E-state index in [-0.39, 0.29) is 50.9 Å². The van der Waals surface area contributed by atoms with Gasteiger partial charge in [0.05, 0.1) is 10.0 Å². The van der Waals surface area contributed by atoms with E-state index in [1.54, 1.807) is 0 Å². The van der Waals surface area contributed by atoms with Crippen LogP contribution in [0.3, 0.4) is 0 Å². The maximum Gasteiger partial charge on any atom is 0.311 e. The smallest absolute Gasteiger partial charge is 0.311 e. The molecule has 0 radical (unpaired) electrons. The molecule has 0 fully saturated rings. The van der Waals surface area contributed by atoms with Crippen LogP contribution in [0, 0.1) is 5.82 Å². The number of hydrogen-bond donors (Lipinski definition) is 0. The van der Waals surface area contributed by atoms with E-state index in [9.17, 15) is 14.0 Å². The Labute approximate surface area is 168 Å². The zero-order chi connectivity index (χ0) is 19.3. The summed E-state index contributed by atoms with van der Waals surface area (Å²) in [6, 6.07) is 6.66. The van der Waals surface area contributed by atoms with E-state index in [4.69, 9.17) is 55.9 Å². The molecule has 0 aliphatic rings. The first kappa shape index (κ1) is 20.8. The maximum atomic E-state index is 13.5. The summed E-state index contributed by atoms with van der Waals surface area (Å²) >= 11 is 23.3. The summed E-state index contributed by atoms with van der Waals surface area (Å²) in [6.45, 7) is 0. The zero-order valence-corrected chi connectivity index (χ0v) is 16.1. The molecular formula is C17H11Cl4FO4. The lowest BCUT2D eigenvalue weighted by Crippen LogP contribution is -2.12. The fraction of sp³-hybridized carbons (Fsp3) is 0.176. The molecule has 4 nitrogen and oxygen atoms in total. The van der Waals surface area contributed by atoms with Crippen LogP contribution in [-0.2, 0) is 9.59 Å². The van der Waals surface area contributed by atoms with Gasteiger partial charge in [-0.15, -0.1) is 0 Å². The van der Waals surface area contributed by atoms with Crippen LogP contribution in [0.1, 0.15) is 19.3 Å². The van der Waals surface area contributed by atoms with Crippen molar-refractivity contribution in [2.75, 3.05) is 0 Å². The fourth-order valence-electron chi connectivity index (χ4n) is 1.90. The molecule has 9 heteroatoms. The fourth-order valence-corrected chi connectivity index (χ4v) is 2.73. The van der Waals surface area contributed by atoms with Gasteiger partial charge in [0, 0.05) is 23.9 Å². The van der Waals surface area contributed by atoms with Crippen LogP contribution >= 0.6 is 46.4 Å². The highest BCUT2D eigenvalue weighted by Crippen LogP contribution is 2.35. The third-order valence-corrected chi connectivity index (χ3v) is 4.38. The van der Waals surface area contributed by atoms with E-state index in [0.717, 1.165) is 6.07 Å². The number of carbonyl (C=O) groups is 2. The van der Waals surface area contributed by atoms with Crippen LogP contribution < -0.4 is 9.47 Å². The number of halogens is 5. The molecular weight excluding hydrogens is 429 g/mol. The van der Waals surface area contributed by atoms with E-state index in [1.807, 2.05) is 0 Å². The summed E-state index contributed by atoms with van der Waals surface area (Å²) < 4.78 is 23.5. The topological polar surface area (TPSA) is 52.6 Å². The molecule has 2 aromatic carbocycles. The van der Waals surface area contributed by atoms with Gasteiger partial charge < -0.3 is 9.47 Å². The quantitative estimate of drug-likeness (QED) is 0.309. The Morgan fingerprint density at radius 1 is 0.923 bits per heavy atom. The molecule has 0 atom stereocenters. The van der Waals surface area contributed by atoms with Crippen molar-refractivity contribution in [3.05, 3.63) is 56.2 Å². The molecule has 0 aliphatic heterocycles. The Bertz CT molecular complexity index is 822. The highest BCUT2D eigenvalue weighted by atomic mass is 35.5. The molecule has 0 amide bonds. The first-order chi connectivity index (χ1) is 12.3. The van der Waals surface area contributed by atoms with Gasteiger partial charge >= 0.3 is 11.9 Å². The average Bonchev–Trinajstić information content (AvgIpc) is 2.55. The van der Waals surface area contributed by atoms with Crippen molar-refractivity contribution < 1.29 is 23.5 Å². The number of carbonyl (C=O) groups excluding carboxylic acids is 2. The van der Waals surface area contributed by atoms with E-state index in [2.05, 4.69) is 0 Å². The van der Waals surface area contributed by atoms with Gasteiger partial charge in [0.2, 0.25) is 0 Å². The normalized spacial score (nSPS) is 10.5. The maximum absolute atomic E-state index is 13.5. The molecule has 0 unspecified atom stereocenters. The molecule has 0 saturated heterocycles. The minimum atomic E-state index is -0.752. The highest BCUT2D eigenvalue weighted by Gasteiger charge is 2.16. The van der Waals surface area contributed by atoms with Gasteiger partial charge in [-0.25, -0.2) is 4.39 Å². The summed E-state index contributed by atoms with van der Waals surface area (Å²) in [5.41, 5.74) is 0. The van der Waals surface area contributed by atoms with E-state index >= 15 is 0 Å². The molecule has 2 aromatic rings. The SMILES string of the molecule is O=C(CCCC(=O)Oc1c(F)cccc1Cl)Oc1cc(Cl)cc(Cl)c1Cl. The third-order valence-electron chi connectivity index (χ3n) is 3.08. The predicted molar refractivity (Wildman–Crippen MR) is 98.0 cm³/mol. The minimum absolute atomic E-state index is 0.0229. The summed E-state index contributed by atoms with van der Waals surface area (Å²) in [5, 5.41) is 0.433. The van der Waals surface area contributed by atoms with Crippen LogP contribution in [-0.4, -0.2) is 11.9 Å².